The minimum Gasteiger partial charge on any atom is -0.508 e. The SMILES string of the molecule is O=C(CCc1ccc(O)cc1)c1c(O)cc(O)cc1O[C@@H]1O[C@H](C(=O)O)[C@@H](O)[C@H](O)[C@H]1O. The molecule has 0 bridgehead atoms. The van der Waals surface area contributed by atoms with Gasteiger partial charge in [-0.1, -0.05) is 12.1 Å². The van der Waals surface area contributed by atoms with Gasteiger partial charge in [0.2, 0.25) is 6.29 Å². The minimum atomic E-state index is -1.94. The molecule has 0 amide bonds. The van der Waals surface area contributed by atoms with Crippen molar-refractivity contribution in [3.05, 3.63) is 47.5 Å². The Bertz CT molecular complexity index is 988. The van der Waals surface area contributed by atoms with Crippen LogP contribution >= 0.6 is 0 Å². The summed E-state index contributed by atoms with van der Waals surface area (Å²) in [5.41, 5.74) is 0.370. The molecule has 2 aromatic carbocycles. The van der Waals surface area contributed by atoms with E-state index in [1.54, 1.807) is 12.1 Å². The molecule has 0 saturated carbocycles. The van der Waals surface area contributed by atoms with Gasteiger partial charge in [0.15, 0.2) is 11.9 Å². The zero-order valence-corrected chi connectivity index (χ0v) is 16.5. The molecule has 0 aliphatic carbocycles. The van der Waals surface area contributed by atoms with Crippen LogP contribution in [0.1, 0.15) is 22.3 Å². The zero-order chi connectivity index (χ0) is 23.6. The lowest BCUT2D eigenvalue weighted by molar-refractivity contribution is -0.271. The Balaban J connectivity index is 1.84. The lowest BCUT2D eigenvalue weighted by atomic mass is 9.98. The van der Waals surface area contributed by atoms with Crippen molar-refractivity contribution in [2.75, 3.05) is 0 Å². The van der Waals surface area contributed by atoms with Crippen LogP contribution < -0.4 is 4.74 Å². The molecule has 0 unspecified atom stereocenters. The van der Waals surface area contributed by atoms with Crippen molar-refractivity contribution in [1.29, 1.82) is 0 Å². The zero-order valence-electron chi connectivity index (χ0n) is 16.5. The second-order valence-electron chi connectivity index (χ2n) is 7.28. The van der Waals surface area contributed by atoms with Crippen molar-refractivity contribution in [1.82, 2.24) is 0 Å². The first-order valence-electron chi connectivity index (χ1n) is 9.54. The summed E-state index contributed by atoms with van der Waals surface area (Å²) in [6, 6.07) is 7.98. The van der Waals surface area contributed by atoms with Gasteiger partial charge < -0.3 is 45.2 Å². The van der Waals surface area contributed by atoms with Gasteiger partial charge in [0.25, 0.3) is 0 Å². The molecule has 1 aliphatic rings. The van der Waals surface area contributed by atoms with Crippen LogP contribution in [0.15, 0.2) is 36.4 Å². The summed E-state index contributed by atoms with van der Waals surface area (Å²) < 4.78 is 10.4. The van der Waals surface area contributed by atoms with E-state index in [0.717, 1.165) is 17.7 Å². The van der Waals surface area contributed by atoms with E-state index in [4.69, 9.17) is 14.6 Å². The molecule has 32 heavy (non-hydrogen) atoms. The van der Waals surface area contributed by atoms with E-state index in [2.05, 4.69) is 0 Å². The number of carboxylic acids is 1. The predicted molar refractivity (Wildman–Crippen MR) is 105 cm³/mol. The fraction of sp³-hybridized carbons (Fsp3) is 0.333. The first kappa shape index (κ1) is 23.3. The molecule has 1 heterocycles. The summed E-state index contributed by atoms with van der Waals surface area (Å²) >= 11 is 0. The van der Waals surface area contributed by atoms with E-state index >= 15 is 0 Å². The van der Waals surface area contributed by atoms with Gasteiger partial charge in [-0.2, -0.15) is 0 Å². The van der Waals surface area contributed by atoms with Crippen molar-refractivity contribution in [2.24, 2.45) is 0 Å². The Kier molecular flexibility index (Phi) is 6.84. The number of aliphatic carboxylic acids is 1. The quantitative estimate of drug-likeness (QED) is 0.278. The van der Waals surface area contributed by atoms with Crippen molar-refractivity contribution in [2.45, 2.75) is 43.5 Å². The number of carbonyl (C=O) groups excluding carboxylic acids is 1. The molecule has 1 fully saturated rings. The summed E-state index contributed by atoms with van der Waals surface area (Å²) in [4.78, 5) is 24.0. The van der Waals surface area contributed by atoms with Crippen LogP contribution in [0, 0.1) is 0 Å². The highest BCUT2D eigenvalue weighted by atomic mass is 16.7. The summed E-state index contributed by atoms with van der Waals surface area (Å²) in [5, 5.41) is 68.3. The fourth-order valence-corrected chi connectivity index (χ4v) is 3.28. The molecule has 0 aromatic heterocycles. The standard InChI is InChI=1S/C21H22O11/c22-10-4-1-9(2-5-10)3-6-12(24)15-13(25)7-11(23)8-14(15)31-21-18(28)16(26)17(27)19(32-21)20(29)30/h1-2,4-5,7-8,16-19,21-23,25-28H,3,6H2,(H,29,30)/t16-,17-,18+,19-,21+/m0/s1. The third-order valence-corrected chi connectivity index (χ3v) is 4.98. The molecule has 0 radical (unpaired) electrons. The Morgan fingerprint density at radius 2 is 1.56 bits per heavy atom. The number of hydrogen-bond acceptors (Lipinski definition) is 10. The third kappa shape index (κ3) is 4.92. The molecule has 11 heteroatoms. The second-order valence-corrected chi connectivity index (χ2v) is 7.28. The smallest absolute Gasteiger partial charge is 0.335 e. The van der Waals surface area contributed by atoms with Gasteiger partial charge in [-0.3, -0.25) is 4.79 Å². The maximum atomic E-state index is 12.8. The number of hydrogen-bond donors (Lipinski definition) is 7. The van der Waals surface area contributed by atoms with Crippen LogP contribution in [-0.2, 0) is 16.0 Å². The number of ketones is 1. The largest absolute Gasteiger partial charge is 0.508 e. The molecule has 5 atom stereocenters. The van der Waals surface area contributed by atoms with E-state index in [1.807, 2.05) is 0 Å². The number of carbonyl (C=O) groups is 2. The number of aliphatic hydroxyl groups is 3. The van der Waals surface area contributed by atoms with E-state index in [9.17, 15) is 40.2 Å². The van der Waals surface area contributed by atoms with Gasteiger partial charge in [-0.05, 0) is 24.1 Å². The number of Topliss-reactive ketones (excluding diaryl/α,β-unsaturated/α-hetero) is 1. The lowest BCUT2D eigenvalue weighted by Crippen LogP contribution is -2.61. The van der Waals surface area contributed by atoms with Crippen molar-refractivity contribution in [3.8, 4) is 23.0 Å². The second kappa shape index (κ2) is 9.40. The molecule has 0 spiro atoms. The fourth-order valence-electron chi connectivity index (χ4n) is 3.28. The average molecular weight is 450 g/mol. The molecule has 2 aromatic rings. The van der Waals surface area contributed by atoms with Crippen LogP contribution in [0.5, 0.6) is 23.0 Å². The number of benzene rings is 2. The van der Waals surface area contributed by atoms with Crippen LogP contribution in [0.2, 0.25) is 0 Å². The Hall–Kier alpha value is -3.38. The first-order chi connectivity index (χ1) is 15.1. The molecular weight excluding hydrogens is 428 g/mol. The molecule has 7 N–H and O–H groups in total. The summed E-state index contributed by atoms with van der Waals surface area (Å²) in [5.74, 6) is -3.71. The summed E-state index contributed by atoms with van der Waals surface area (Å²) in [7, 11) is 0. The van der Waals surface area contributed by atoms with Gasteiger partial charge in [-0.25, -0.2) is 4.79 Å². The summed E-state index contributed by atoms with van der Waals surface area (Å²) in [6.07, 6.45) is -9.40. The van der Waals surface area contributed by atoms with E-state index < -0.39 is 59.7 Å². The average Bonchev–Trinajstić information content (AvgIpc) is 2.73. The highest BCUT2D eigenvalue weighted by Gasteiger charge is 2.48. The molecule has 1 aliphatic heterocycles. The molecular formula is C21H22O11. The number of aliphatic hydroxyl groups excluding tert-OH is 3. The van der Waals surface area contributed by atoms with Crippen LogP contribution in [0.4, 0.5) is 0 Å². The van der Waals surface area contributed by atoms with Gasteiger partial charge in [-0.15, -0.1) is 0 Å². The Labute approximate surface area is 181 Å². The number of aromatic hydroxyl groups is 3. The maximum Gasteiger partial charge on any atom is 0.335 e. The third-order valence-electron chi connectivity index (χ3n) is 4.98. The normalized spacial score (nSPS) is 25.3. The van der Waals surface area contributed by atoms with Crippen molar-refractivity contribution < 1.29 is 54.8 Å². The van der Waals surface area contributed by atoms with Crippen LogP contribution in [0.25, 0.3) is 0 Å². The number of phenols is 3. The van der Waals surface area contributed by atoms with E-state index in [1.165, 1.54) is 12.1 Å². The number of ether oxygens (including phenoxy) is 2. The van der Waals surface area contributed by atoms with Gasteiger partial charge in [0.1, 0.15) is 46.9 Å². The Morgan fingerprint density at radius 1 is 0.906 bits per heavy atom. The molecule has 172 valence electrons. The van der Waals surface area contributed by atoms with Crippen molar-refractivity contribution >= 4 is 11.8 Å². The maximum absolute atomic E-state index is 12.8. The minimum absolute atomic E-state index is 0.0601. The lowest BCUT2D eigenvalue weighted by Gasteiger charge is -2.38. The number of phenolic OH excluding ortho intramolecular Hbond substituents is 3. The van der Waals surface area contributed by atoms with E-state index in [0.29, 0.717) is 0 Å². The topological polar surface area (TPSA) is 194 Å². The molecule has 1 saturated heterocycles. The van der Waals surface area contributed by atoms with Crippen LogP contribution in [-0.4, -0.2) is 78.2 Å². The van der Waals surface area contributed by atoms with E-state index in [-0.39, 0.29) is 24.2 Å². The highest BCUT2D eigenvalue weighted by molar-refractivity contribution is 6.01. The molecule has 11 nitrogen and oxygen atoms in total. The Morgan fingerprint density at radius 3 is 2.19 bits per heavy atom. The van der Waals surface area contributed by atoms with Crippen molar-refractivity contribution in [3.63, 3.8) is 0 Å². The number of aryl methyl sites for hydroxylation is 1. The van der Waals surface area contributed by atoms with Gasteiger partial charge in [0.05, 0.1) is 0 Å². The number of rotatable bonds is 7. The monoisotopic (exact) mass is 450 g/mol. The first-order valence-corrected chi connectivity index (χ1v) is 9.54. The highest BCUT2D eigenvalue weighted by Crippen LogP contribution is 2.36. The summed E-state index contributed by atoms with van der Waals surface area (Å²) in [6.45, 7) is 0. The van der Waals surface area contributed by atoms with Gasteiger partial charge in [0, 0.05) is 18.6 Å². The van der Waals surface area contributed by atoms with Gasteiger partial charge >= 0.3 is 5.97 Å². The molecule has 3 rings (SSSR count). The number of carboxylic acid groups (broad SMARTS) is 1. The predicted octanol–water partition coefficient (Wildman–Crippen LogP) is -0.110. The van der Waals surface area contributed by atoms with Crippen LogP contribution in [0.3, 0.4) is 0 Å².